The van der Waals surface area contributed by atoms with Crippen molar-refractivity contribution in [1.29, 1.82) is 0 Å². The summed E-state index contributed by atoms with van der Waals surface area (Å²) >= 11 is 0. The first-order valence-electron chi connectivity index (χ1n) is 15.4. The van der Waals surface area contributed by atoms with Crippen molar-refractivity contribution in [2.24, 2.45) is 0 Å². The molecule has 8 rings (SSSR count). The molecule has 1 aromatic heterocycles. The zero-order chi connectivity index (χ0) is 34.5. The summed E-state index contributed by atoms with van der Waals surface area (Å²) in [4.78, 5) is 0. The molecular weight excluding hydrogens is 583 g/mol. The van der Waals surface area contributed by atoms with Gasteiger partial charge in [-0.2, -0.15) is 0 Å². The van der Waals surface area contributed by atoms with Gasteiger partial charge >= 0.3 is 0 Å². The number of hydrogen-bond donors (Lipinski definition) is 1. The number of hydrogen-bond acceptors (Lipinski definition) is 2. The Labute approximate surface area is 298 Å². The van der Waals surface area contributed by atoms with E-state index in [0.717, 1.165) is 55.6 Å². The Bertz CT molecular complexity index is 2430. The Balaban J connectivity index is 1.46. The number of furan rings is 1. The monoisotopic (exact) mass is 599 g/mol. The molecule has 1 N–H and O–H groups in total. The van der Waals surface area contributed by atoms with Crippen molar-refractivity contribution in [3.8, 4) is 11.1 Å². The average molecular weight is 598 g/mol. The molecule has 0 saturated heterocycles. The van der Waals surface area contributed by atoms with E-state index in [1.165, 1.54) is 0 Å². The molecule has 1 heterocycles. The van der Waals surface area contributed by atoms with Gasteiger partial charge in [-0.25, -0.2) is 0 Å². The van der Waals surface area contributed by atoms with Crippen molar-refractivity contribution in [2.75, 3.05) is 5.32 Å². The van der Waals surface area contributed by atoms with Gasteiger partial charge in [0, 0.05) is 11.1 Å². The van der Waals surface area contributed by atoms with Gasteiger partial charge in [0.15, 0.2) is 0 Å². The molecule has 2 nitrogen and oxygen atoms in total. The summed E-state index contributed by atoms with van der Waals surface area (Å²) in [5.74, 6) is 0. The number of benzene rings is 6. The highest BCUT2D eigenvalue weighted by Crippen LogP contribution is 2.55. The molecule has 49 heavy (non-hydrogen) atoms. The fourth-order valence-electron chi connectivity index (χ4n) is 7.57. The Morgan fingerprint density at radius 2 is 0.959 bits per heavy atom. The second-order valence-electron chi connectivity index (χ2n) is 12.3. The fraction of sp³-hybridized carbons (Fsp3) is 0.0270. The standard InChI is InChI=1S/C37H15B10NO/c38-27-25(28(39)32(43)35(46)31(27)42)37(26-29(40)33(44)36(47)34(45)30(26)41)19-8-3-1-6-16(19)18-14-15(12-13-20(18)37)48-21-9-5-11-23-24(21)17-7-2-4-10-22(17)49-23/h1-14,48H. The van der Waals surface area contributed by atoms with Crippen LogP contribution in [0.3, 0.4) is 0 Å². The predicted molar refractivity (Wildman–Crippen MR) is 215 cm³/mol. The lowest BCUT2D eigenvalue weighted by atomic mass is 9.49. The summed E-state index contributed by atoms with van der Waals surface area (Å²) in [7, 11) is 66.1. The number of nitrogens with one attached hydrogen (secondary N) is 1. The van der Waals surface area contributed by atoms with E-state index < -0.39 is 5.41 Å². The summed E-state index contributed by atoms with van der Waals surface area (Å²) in [6, 6.07) is 27.6. The quantitative estimate of drug-likeness (QED) is 0.230. The average Bonchev–Trinajstić information content (AvgIpc) is 3.63. The second kappa shape index (κ2) is 11.3. The molecule has 204 valence electrons. The number of para-hydroxylation sites is 1. The molecule has 6 aromatic carbocycles. The lowest BCUT2D eigenvalue weighted by Gasteiger charge is -2.42. The van der Waals surface area contributed by atoms with Crippen molar-refractivity contribution in [3.63, 3.8) is 0 Å². The zero-order valence-corrected chi connectivity index (χ0v) is 26.3. The maximum absolute atomic E-state index is 6.87. The van der Waals surface area contributed by atoms with Crippen molar-refractivity contribution in [1.82, 2.24) is 0 Å². The molecule has 0 atom stereocenters. The van der Waals surface area contributed by atoms with Gasteiger partial charge in [-0.15, -0.1) is 54.6 Å². The van der Waals surface area contributed by atoms with E-state index in [2.05, 4.69) is 5.32 Å². The summed E-state index contributed by atoms with van der Waals surface area (Å²) in [6.07, 6.45) is 0. The predicted octanol–water partition coefficient (Wildman–Crippen LogP) is -2.37. The van der Waals surface area contributed by atoms with Crippen LogP contribution in [0.5, 0.6) is 0 Å². The molecule has 0 fully saturated rings. The van der Waals surface area contributed by atoms with Gasteiger partial charge in [-0.05, 0) is 63.7 Å². The Hall–Kier alpha value is -4.43. The summed E-state index contributed by atoms with van der Waals surface area (Å²) in [5.41, 5.74) is 6.56. The molecule has 0 bridgehead atoms. The number of fused-ring (bicyclic) bond motifs is 6. The second-order valence-corrected chi connectivity index (χ2v) is 12.3. The van der Waals surface area contributed by atoms with Crippen molar-refractivity contribution in [2.45, 2.75) is 5.41 Å². The largest absolute Gasteiger partial charge is 0.456 e. The topological polar surface area (TPSA) is 25.2 Å². The highest BCUT2D eigenvalue weighted by molar-refractivity contribution is 6.69. The summed E-state index contributed by atoms with van der Waals surface area (Å²) in [5, 5.41) is 5.59. The van der Waals surface area contributed by atoms with E-state index in [-0.39, 0.29) is 54.6 Å². The molecule has 0 unspecified atom stereocenters. The van der Waals surface area contributed by atoms with Crippen LogP contribution < -0.4 is 59.9 Å². The molecule has 0 spiro atoms. The van der Waals surface area contributed by atoms with Crippen LogP contribution in [0.4, 0.5) is 11.4 Å². The lowest BCUT2D eigenvalue weighted by Crippen LogP contribution is -2.63. The smallest absolute Gasteiger partial charge is 0.137 e. The molecule has 0 amide bonds. The minimum absolute atomic E-state index is 0.0678. The van der Waals surface area contributed by atoms with Crippen LogP contribution in [-0.4, -0.2) is 78.5 Å². The van der Waals surface area contributed by atoms with Gasteiger partial charge in [0.1, 0.15) is 89.6 Å². The van der Waals surface area contributed by atoms with Crippen molar-refractivity contribution >= 4 is 166 Å². The third kappa shape index (κ3) is 4.28. The number of rotatable bonds is 4. The summed E-state index contributed by atoms with van der Waals surface area (Å²) < 4.78 is 6.13. The molecule has 0 aliphatic heterocycles. The van der Waals surface area contributed by atoms with Gasteiger partial charge in [0.2, 0.25) is 0 Å². The molecule has 1 aliphatic carbocycles. The highest BCUT2D eigenvalue weighted by atomic mass is 16.3. The maximum atomic E-state index is 6.87. The highest BCUT2D eigenvalue weighted by Gasteiger charge is 2.49. The maximum Gasteiger partial charge on any atom is 0.137 e. The van der Waals surface area contributed by atoms with Crippen molar-refractivity contribution in [3.05, 3.63) is 107 Å². The summed E-state index contributed by atoms with van der Waals surface area (Å²) in [6.45, 7) is 0. The van der Waals surface area contributed by atoms with Crippen LogP contribution in [0.1, 0.15) is 22.3 Å². The van der Waals surface area contributed by atoms with E-state index in [9.17, 15) is 0 Å². The van der Waals surface area contributed by atoms with E-state index in [0.29, 0.717) is 11.1 Å². The molecule has 20 radical (unpaired) electrons. The third-order valence-corrected chi connectivity index (χ3v) is 9.88. The normalized spacial score (nSPS) is 13.1. The molecule has 7 aromatic rings. The SMILES string of the molecule is [B]c1c([B])c([B])c(C2(c3c([B])c([B])c([B])c([B])c3[B])c3ccccc3-c3cc(Nc4cccc5oc6ccccc6c45)ccc32)c([B])c1[B]. The van der Waals surface area contributed by atoms with Crippen LogP contribution >= 0.6 is 0 Å². The van der Waals surface area contributed by atoms with Gasteiger partial charge < -0.3 is 9.73 Å². The van der Waals surface area contributed by atoms with E-state index in [1.807, 2.05) is 84.9 Å². The number of anilines is 2. The fourth-order valence-corrected chi connectivity index (χ4v) is 7.57. The molecule has 0 saturated carbocycles. The molecular formula is C37H15B10NO. The Kier molecular flexibility index (Phi) is 7.34. The Morgan fingerprint density at radius 1 is 0.449 bits per heavy atom. The van der Waals surface area contributed by atoms with E-state index in [4.69, 9.17) is 82.9 Å². The van der Waals surface area contributed by atoms with Gasteiger partial charge in [0.05, 0.1) is 16.5 Å². The minimum atomic E-state index is -1.40. The minimum Gasteiger partial charge on any atom is -0.456 e. The van der Waals surface area contributed by atoms with Crippen LogP contribution in [0.2, 0.25) is 0 Å². The van der Waals surface area contributed by atoms with E-state index >= 15 is 0 Å². The third-order valence-electron chi connectivity index (χ3n) is 9.88. The first kappa shape index (κ1) is 31.8. The lowest BCUT2D eigenvalue weighted by molar-refractivity contribution is 0.669. The first-order valence-corrected chi connectivity index (χ1v) is 15.4. The first-order chi connectivity index (χ1) is 23.5. The molecule has 1 aliphatic rings. The van der Waals surface area contributed by atoms with E-state index in [1.54, 1.807) is 0 Å². The Morgan fingerprint density at radius 3 is 1.59 bits per heavy atom. The zero-order valence-electron chi connectivity index (χ0n) is 26.3. The van der Waals surface area contributed by atoms with Crippen LogP contribution in [0.25, 0.3) is 33.1 Å². The van der Waals surface area contributed by atoms with Crippen molar-refractivity contribution < 1.29 is 4.42 Å². The molecule has 12 heteroatoms. The van der Waals surface area contributed by atoms with Crippen LogP contribution in [0, 0.1) is 0 Å². The van der Waals surface area contributed by atoms with Gasteiger partial charge in [-0.3, -0.25) is 0 Å². The van der Waals surface area contributed by atoms with Gasteiger partial charge in [0.25, 0.3) is 0 Å². The van der Waals surface area contributed by atoms with Crippen LogP contribution in [-0.2, 0) is 5.41 Å². The van der Waals surface area contributed by atoms with Gasteiger partial charge in [-0.1, -0.05) is 54.6 Å². The van der Waals surface area contributed by atoms with Crippen LogP contribution in [0.15, 0.2) is 89.3 Å².